The smallest absolute Gasteiger partial charge is 0.296 e. The number of alkyl halides is 1. The first kappa shape index (κ1) is 26.0. The quantitative estimate of drug-likeness (QED) is 0.431. The Balaban J connectivity index is 1.32. The Morgan fingerprint density at radius 1 is 1.23 bits per heavy atom. The van der Waals surface area contributed by atoms with Gasteiger partial charge in [-0.05, 0) is 55.3 Å². The van der Waals surface area contributed by atoms with Crippen molar-refractivity contribution < 1.29 is 23.0 Å². The third-order valence-electron chi connectivity index (χ3n) is 8.45. The summed E-state index contributed by atoms with van der Waals surface area (Å²) in [6.07, 6.45) is 2.51. The second-order valence-corrected chi connectivity index (χ2v) is 10.8. The minimum Gasteiger partial charge on any atom is -0.467 e. The highest BCUT2D eigenvalue weighted by atomic mass is 19.1. The van der Waals surface area contributed by atoms with Gasteiger partial charge in [-0.25, -0.2) is 8.78 Å². The molecule has 2 fully saturated rings. The van der Waals surface area contributed by atoms with Crippen molar-refractivity contribution in [3.8, 4) is 11.8 Å². The first-order chi connectivity index (χ1) is 18.9. The molecular weight excluding hydrogens is 506 g/mol. The number of aromatic nitrogens is 2. The highest BCUT2D eigenvalue weighted by Gasteiger charge is 2.49. The SMILES string of the molecule is CCc1c(F)ccc2cc(OCOC)cc(N3CCc4c(nc(OC[C@@]56CCCN5C[C@H](F)C6)[nH]c4=O)C3)c12. The Morgan fingerprint density at radius 2 is 2.10 bits per heavy atom. The van der Waals surface area contributed by atoms with Gasteiger partial charge in [-0.15, -0.1) is 0 Å². The molecule has 0 aliphatic carbocycles. The molecule has 1 N–H and O–H groups in total. The predicted molar refractivity (Wildman–Crippen MR) is 144 cm³/mol. The molecule has 2 atom stereocenters. The number of methoxy groups -OCH3 is 1. The minimum atomic E-state index is -0.852. The van der Waals surface area contributed by atoms with Crippen molar-refractivity contribution in [3.63, 3.8) is 0 Å². The number of halogens is 2. The van der Waals surface area contributed by atoms with E-state index >= 15 is 0 Å². The Hall–Kier alpha value is -3.24. The van der Waals surface area contributed by atoms with E-state index < -0.39 is 6.17 Å². The number of rotatable bonds is 8. The molecule has 1 aromatic heterocycles. The molecule has 2 aromatic carbocycles. The van der Waals surface area contributed by atoms with Crippen LogP contribution in [0.25, 0.3) is 10.8 Å². The number of anilines is 1. The Labute approximate surface area is 225 Å². The van der Waals surface area contributed by atoms with E-state index in [4.69, 9.17) is 19.2 Å². The summed E-state index contributed by atoms with van der Waals surface area (Å²) in [6, 6.07) is 7.20. The van der Waals surface area contributed by atoms with Gasteiger partial charge in [0, 0.05) is 49.3 Å². The lowest BCUT2D eigenvalue weighted by atomic mass is 9.95. The van der Waals surface area contributed by atoms with Crippen LogP contribution in [0.2, 0.25) is 0 Å². The van der Waals surface area contributed by atoms with E-state index in [1.807, 2.05) is 19.1 Å². The molecule has 2 saturated heterocycles. The normalized spacial score (nSPS) is 22.8. The van der Waals surface area contributed by atoms with Crippen molar-refractivity contribution in [2.75, 3.05) is 45.0 Å². The monoisotopic (exact) mass is 540 g/mol. The number of fused-ring (bicyclic) bond motifs is 3. The zero-order chi connectivity index (χ0) is 27.1. The standard InChI is InChI=1S/C29H34F2N4O4/c1-3-21-23(31)6-5-18-11-20(39-17-37-2)12-25(26(18)21)34-10-7-22-24(15-34)32-28(33-27(22)36)38-16-29-8-4-9-35(29)14-19(30)13-29/h5-6,11-12,19H,3-4,7-10,13-17H2,1-2H3,(H,32,33,36)/t19-,29+/m1/s1. The fourth-order valence-corrected chi connectivity index (χ4v) is 6.61. The number of hydrogen-bond donors (Lipinski definition) is 1. The van der Waals surface area contributed by atoms with E-state index in [1.54, 1.807) is 13.2 Å². The van der Waals surface area contributed by atoms with Crippen molar-refractivity contribution in [3.05, 3.63) is 57.3 Å². The molecule has 0 radical (unpaired) electrons. The number of nitrogens with zero attached hydrogens (tertiary/aromatic N) is 3. The van der Waals surface area contributed by atoms with Crippen LogP contribution < -0.4 is 19.9 Å². The highest BCUT2D eigenvalue weighted by molar-refractivity contribution is 5.98. The first-order valence-electron chi connectivity index (χ1n) is 13.7. The molecule has 0 unspecified atom stereocenters. The van der Waals surface area contributed by atoms with Crippen molar-refractivity contribution in [2.45, 2.75) is 57.3 Å². The number of aryl methyl sites for hydroxylation is 1. The number of hydrogen-bond acceptors (Lipinski definition) is 7. The molecule has 3 aromatic rings. The van der Waals surface area contributed by atoms with E-state index in [2.05, 4.69) is 14.8 Å². The van der Waals surface area contributed by atoms with Crippen LogP contribution in [0.15, 0.2) is 29.1 Å². The van der Waals surface area contributed by atoms with E-state index in [0.717, 1.165) is 35.8 Å². The van der Waals surface area contributed by atoms with Crippen LogP contribution in [0, 0.1) is 5.82 Å². The van der Waals surface area contributed by atoms with Crippen LogP contribution in [-0.2, 0) is 24.1 Å². The van der Waals surface area contributed by atoms with Gasteiger partial charge in [-0.2, -0.15) is 4.98 Å². The fraction of sp³-hybridized carbons (Fsp3) is 0.517. The lowest BCUT2D eigenvalue weighted by molar-refractivity contribution is 0.0512. The lowest BCUT2D eigenvalue weighted by Gasteiger charge is -2.32. The van der Waals surface area contributed by atoms with Crippen molar-refractivity contribution in [2.24, 2.45) is 0 Å². The van der Waals surface area contributed by atoms with Crippen LogP contribution in [0.1, 0.15) is 43.0 Å². The fourth-order valence-electron chi connectivity index (χ4n) is 6.61. The number of nitrogens with one attached hydrogen (secondary N) is 1. The summed E-state index contributed by atoms with van der Waals surface area (Å²) >= 11 is 0. The Bertz CT molecular complexity index is 1450. The van der Waals surface area contributed by atoms with Gasteiger partial charge in [0.1, 0.15) is 24.3 Å². The van der Waals surface area contributed by atoms with Crippen molar-refractivity contribution in [1.82, 2.24) is 14.9 Å². The first-order valence-corrected chi connectivity index (χ1v) is 13.7. The summed E-state index contributed by atoms with van der Waals surface area (Å²) in [5.74, 6) is 0.368. The van der Waals surface area contributed by atoms with Crippen LogP contribution >= 0.6 is 0 Å². The second kappa shape index (κ2) is 10.4. The highest BCUT2D eigenvalue weighted by Crippen LogP contribution is 2.41. The molecule has 208 valence electrons. The number of H-pyrrole nitrogens is 1. The third kappa shape index (κ3) is 4.74. The number of ether oxygens (including phenoxy) is 3. The zero-order valence-electron chi connectivity index (χ0n) is 22.4. The molecule has 0 bridgehead atoms. The van der Waals surface area contributed by atoms with Gasteiger partial charge < -0.3 is 19.1 Å². The van der Waals surface area contributed by atoms with Gasteiger partial charge in [0.05, 0.1) is 17.8 Å². The Kier molecular flexibility index (Phi) is 6.93. The van der Waals surface area contributed by atoms with E-state index in [0.29, 0.717) is 68.1 Å². The predicted octanol–water partition coefficient (Wildman–Crippen LogP) is 4.13. The molecule has 10 heteroatoms. The molecule has 39 heavy (non-hydrogen) atoms. The molecule has 4 heterocycles. The summed E-state index contributed by atoms with van der Waals surface area (Å²) < 4.78 is 45.9. The van der Waals surface area contributed by atoms with Crippen molar-refractivity contribution >= 4 is 16.5 Å². The number of benzene rings is 2. The van der Waals surface area contributed by atoms with Gasteiger partial charge >= 0.3 is 0 Å². The van der Waals surface area contributed by atoms with E-state index in [1.165, 1.54) is 6.07 Å². The van der Waals surface area contributed by atoms with Crippen LogP contribution in [-0.4, -0.2) is 66.7 Å². The van der Waals surface area contributed by atoms with Gasteiger partial charge in [0.15, 0.2) is 6.79 Å². The maximum absolute atomic E-state index is 14.9. The zero-order valence-corrected chi connectivity index (χ0v) is 22.4. The molecular formula is C29H34F2N4O4. The number of aromatic amines is 1. The molecule has 0 saturated carbocycles. The summed E-state index contributed by atoms with van der Waals surface area (Å²) in [7, 11) is 1.56. The molecule has 3 aliphatic rings. The molecule has 0 spiro atoms. The van der Waals surface area contributed by atoms with Crippen LogP contribution in [0.3, 0.4) is 0 Å². The average Bonchev–Trinajstić information content (AvgIpc) is 3.45. The topological polar surface area (TPSA) is 79.9 Å². The van der Waals surface area contributed by atoms with E-state index in [9.17, 15) is 13.6 Å². The molecule has 8 nitrogen and oxygen atoms in total. The molecule has 0 amide bonds. The summed E-state index contributed by atoms with van der Waals surface area (Å²) in [4.78, 5) is 24.7. The van der Waals surface area contributed by atoms with Crippen LogP contribution in [0.4, 0.5) is 14.5 Å². The third-order valence-corrected chi connectivity index (χ3v) is 8.45. The minimum absolute atomic E-state index is 0.0926. The van der Waals surface area contributed by atoms with Crippen LogP contribution in [0.5, 0.6) is 11.8 Å². The summed E-state index contributed by atoms with van der Waals surface area (Å²) in [5.41, 5.74) is 2.17. The van der Waals surface area contributed by atoms with Gasteiger partial charge in [0.2, 0.25) is 0 Å². The summed E-state index contributed by atoms with van der Waals surface area (Å²) in [5, 5.41) is 1.70. The largest absolute Gasteiger partial charge is 0.467 e. The molecule has 6 rings (SSSR count). The maximum Gasteiger partial charge on any atom is 0.296 e. The lowest BCUT2D eigenvalue weighted by Crippen LogP contribution is -2.44. The maximum atomic E-state index is 14.9. The second-order valence-electron chi connectivity index (χ2n) is 10.8. The Morgan fingerprint density at radius 3 is 2.92 bits per heavy atom. The summed E-state index contributed by atoms with van der Waals surface area (Å²) in [6.45, 7) is 4.56. The van der Waals surface area contributed by atoms with Gasteiger partial charge in [0.25, 0.3) is 11.6 Å². The van der Waals surface area contributed by atoms with Gasteiger partial charge in [-0.1, -0.05) is 13.0 Å². The van der Waals surface area contributed by atoms with Crippen molar-refractivity contribution in [1.29, 1.82) is 0 Å². The van der Waals surface area contributed by atoms with E-state index in [-0.39, 0.29) is 29.7 Å². The molecule has 3 aliphatic heterocycles. The average molecular weight is 541 g/mol. The van der Waals surface area contributed by atoms with Gasteiger partial charge in [-0.3, -0.25) is 14.7 Å².